The molecule has 4 N–H and O–H groups in total. The maximum Gasteiger partial charge on any atom is 0.335 e. The lowest BCUT2D eigenvalue weighted by Gasteiger charge is -2.06. The van der Waals surface area contributed by atoms with Crippen LogP contribution in [0.1, 0.15) is 20.8 Å². The van der Waals surface area contributed by atoms with Gasteiger partial charge in [0.2, 0.25) is 0 Å². The maximum atomic E-state index is 11.5. The van der Waals surface area contributed by atoms with Crippen molar-refractivity contribution < 1.29 is 14.7 Å². The maximum absolute atomic E-state index is 11.5. The molecule has 1 amide bonds. The number of carbonyl (C=O) groups excluding carboxylic acids is 1. The van der Waals surface area contributed by atoms with Gasteiger partial charge in [0, 0.05) is 7.05 Å². The first-order valence-electron chi connectivity index (χ1n) is 7.51. The van der Waals surface area contributed by atoms with Gasteiger partial charge in [-0.15, -0.1) is 0 Å². The number of nitrogens with one attached hydrogen (secondary N) is 1. The van der Waals surface area contributed by atoms with Crippen molar-refractivity contribution in [3.8, 4) is 16.8 Å². The highest BCUT2D eigenvalue weighted by molar-refractivity contribution is 5.96. The molecule has 0 saturated carbocycles. The Hall–Kier alpha value is -3.61. The molecule has 7 heteroatoms. The lowest BCUT2D eigenvalue weighted by Crippen LogP contribution is -2.14. The molecule has 0 bridgehead atoms. The first-order chi connectivity index (χ1) is 12.0. The average Bonchev–Trinajstić information content (AvgIpc) is 3.07. The van der Waals surface area contributed by atoms with E-state index in [1.807, 2.05) is 30.3 Å². The summed E-state index contributed by atoms with van der Waals surface area (Å²) in [7, 11) is 1.68. The number of carboxylic acids is 1. The van der Waals surface area contributed by atoms with Crippen LogP contribution in [0, 0.1) is 0 Å². The zero-order valence-electron chi connectivity index (χ0n) is 13.4. The molecule has 0 aliphatic rings. The number of benzene rings is 2. The van der Waals surface area contributed by atoms with E-state index in [0.717, 1.165) is 16.8 Å². The summed E-state index contributed by atoms with van der Waals surface area (Å²) in [6.07, 6.45) is 1.67. The minimum atomic E-state index is -0.977. The Morgan fingerprint density at radius 2 is 1.80 bits per heavy atom. The van der Waals surface area contributed by atoms with E-state index < -0.39 is 11.9 Å². The number of primary amides is 1. The Morgan fingerprint density at radius 1 is 1.12 bits per heavy atom. The molecule has 3 aromatic rings. The average molecular weight is 336 g/mol. The van der Waals surface area contributed by atoms with Gasteiger partial charge in [0.25, 0.3) is 5.91 Å². The molecule has 2 aromatic carbocycles. The Balaban J connectivity index is 2.04. The molecule has 126 valence electrons. The van der Waals surface area contributed by atoms with Crippen molar-refractivity contribution in [1.82, 2.24) is 9.78 Å². The molecule has 1 heterocycles. The Kier molecular flexibility index (Phi) is 4.21. The summed E-state index contributed by atoms with van der Waals surface area (Å²) in [6, 6.07) is 14.1. The summed E-state index contributed by atoms with van der Waals surface area (Å²) in [5.41, 5.74) is 8.58. The van der Waals surface area contributed by atoms with E-state index in [1.165, 1.54) is 0 Å². The normalized spacial score (nSPS) is 10.4. The number of amides is 1. The summed E-state index contributed by atoms with van der Waals surface area (Å²) in [4.78, 5) is 22.6. The van der Waals surface area contributed by atoms with E-state index in [9.17, 15) is 9.59 Å². The van der Waals surface area contributed by atoms with Crippen molar-refractivity contribution in [2.24, 2.45) is 5.73 Å². The molecular formula is C18H16N4O3. The van der Waals surface area contributed by atoms with Crippen molar-refractivity contribution in [3.63, 3.8) is 0 Å². The standard InChI is InChI=1S/C18H16N4O3/c1-20-15-10-22(21-16(15)17(19)23)14-7-3-5-12(9-14)11-4-2-6-13(8-11)18(24)25/h2-10,20H,1H3,(H2,19,23)(H,24,25). The summed E-state index contributed by atoms with van der Waals surface area (Å²) >= 11 is 0. The molecular weight excluding hydrogens is 320 g/mol. The lowest BCUT2D eigenvalue weighted by molar-refractivity contribution is 0.0696. The summed E-state index contributed by atoms with van der Waals surface area (Å²) in [6.45, 7) is 0. The van der Waals surface area contributed by atoms with Gasteiger partial charge >= 0.3 is 5.97 Å². The van der Waals surface area contributed by atoms with Crippen LogP contribution in [0.25, 0.3) is 16.8 Å². The second-order valence-electron chi connectivity index (χ2n) is 5.39. The largest absolute Gasteiger partial charge is 0.478 e. The van der Waals surface area contributed by atoms with Crippen LogP contribution < -0.4 is 11.1 Å². The van der Waals surface area contributed by atoms with Gasteiger partial charge < -0.3 is 16.2 Å². The summed E-state index contributed by atoms with van der Waals surface area (Å²) < 4.78 is 1.55. The fourth-order valence-electron chi connectivity index (χ4n) is 2.53. The third-order valence-electron chi connectivity index (χ3n) is 3.77. The molecule has 0 aliphatic heterocycles. The fourth-order valence-corrected chi connectivity index (χ4v) is 2.53. The van der Waals surface area contributed by atoms with E-state index in [4.69, 9.17) is 10.8 Å². The highest BCUT2D eigenvalue weighted by Gasteiger charge is 2.14. The van der Waals surface area contributed by atoms with Gasteiger partial charge in [-0.1, -0.05) is 24.3 Å². The van der Waals surface area contributed by atoms with Crippen LogP contribution in [0.2, 0.25) is 0 Å². The number of rotatable bonds is 5. The lowest BCUT2D eigenvalue weighted by atomic mass is 10.0. The summed E-state index contributed by atoms with van der Waals surface area (Å²) in [5, 5.41) is 16.2. The topological polar surface area (TPSA) is 110 Å². The number of anilines is 1. The number of hydrogen-bond donors (Lipinski definition) is 3. The second kappa shape index (κ2) is 6.48. The van der Waals surface area contributed by atoms with Crippen LogP contribution in [0.5, 0.6) is 0 Å². The Bertz CT molecular complexity index is 962. The number of hydrogen-bond acceptors (Lipinski definition) is 4. The molecule has 25 heavy (non-hydrogen) atoms. The Morgan fingerprint density at radius 3 is 2.40 bits per heavy atom. The van der Waals surface area contributed by atoms with Gasteiger partial charge in [0.1, 0.15) is 0 Å². The van der Waals surface area contributed by atoms with E-state index in [-0.39, 0.29) is 11.3 Å². The zero-order chi connectivity index (χ0) is 18.0. The predicted octanol–water partition coefficient (Wildman–Crippen LogP) is 2.38. The van der Waals surface area contributed by atoms with Crippen molar-refractivity contribution in [1.29, 1.82) is 0 Å². The first-order valence-corrected chi connectivity index (χ1v) is 7.51. The monoisotopic (exact) mass is 336 g/mol. The van der Waals surface area contributed by atoms with E-state index in [1.54, 1.807) is 36.1 Å². The predicted molar refractivity (Wildman–Crippen MR) is 94.0 cm³/mol. The minimum Gasteiger partial charge on any atom is -0.478 e. The molecule has 0 atom stereocenters. The third-order valence-corrected chi connectivity index (χ3v) is 3.77. The quantitative estimate of drug-likeness (QED) is 0.662. The molecule has 3 rings (SSSR count). The van der Waals surface area contributed by atoms with Gasteiger partial charge in [-0.3, -0.25) is 4.79 Å². The van der Waals surface area contributed by atoms with Crippen molar-refractivity contribution in [2.45, 2.75) is 0 Å². The van der Waals surface area contributed by atoms with E-state index >= 15 is 0 Å². The number of nitrogens with two attached hydrogens (primary N) is 1. The SMILES string of the molecule is CNc1cn(-c2cccc(-c3cccc(C(=O)O)c3)c2)nc1C(N)=O. The number of aromatic nitrogens is 2. The van der Waals surface area contributed by atoms with Crippen LogP contribution in [0.15, 0.2) is 54.7 Å². The number of carboxylic acid groups (broad SMARTS) is 1. The van der Waals surface area contributed by atoms with Crippen LogP contribution in [-0.2, 0) is 0 Å². The van der Waals surface area contributed by atoms with Gasteiger partial charge in [-0.2, -0.15) is 5.10 Å². The van der Waals surface area contributed by atoms with Gasteiger partial charge in [0.15, 0.2) is 5.69 Å². The molecule has 7 nitrogen and oxygen atoms in total. The van der Waals surface area contributed by atoms with Crippen LogP contribution >= 0.6 is 0 Å². The highest BCUT2D eigenvalue weighted by Crippen LogP contribution is 2.24. The minimum absolute atomic E-state index is 0.153. The number of nitrogens with zero attached hydrogens (tertiary/aromatic N) is 2. The van der Waals surface area contributed by atoms with Gasteiger partial charge in [-0.05, 0) is 35.4 Å². The Labute approximate surface area is 143 Å². The van der Waals surface area contributed by atoms with E-state index in [0.29, 0.717) is 5.69 Å². The summed E-state index contributed by atoms with van der Waals surface area (Å²) in [5.74, 6) is -1.59. The fraction of sp³-hybridized carbons (Fsp3) is 0.0556. The van der Waals surface area contributed by atoms with Gasteiger partial charge in [0.05, 0.1) is 23.1 Å². The van der Waals surface area contributed by atoms with Crippen molar-refractivity contribution >= 4 is 17.6 Å². The molecule has 0 saturated heterocycles. The van der Waals surface area contributed by atoms with Crippen molar-refractivity contribution in [3.05, 3.63) is 66.0 Å². The van der Waals surface area contributed by atoms with Crippen molar-refractivity contribution in [2.75, 3.05) is 12.4 Å². The van der Waals surface area contributed by atoms with Crippen LogP contribution in [-0.4, -0.2) is 33.8 Å². The molecule has 0 radical (unpaired) electrons. The third kappa shape index (κ3) is 3.20. The van der Waals surface area contributed by atoms with Crippen LogP contribution in [0.3, 0.4) is 0 Å². The molecule has 0 unspecified atom stereocenters. The van der Waals surface area contributed by atoms with E-state index in [2.05, 4.69) is 10.4 Å². The second-order valence-corrected chi connectivity index (χ2v) is 5.39. The molecule has 0 fully saturated rings. The zero-order valence-corrected chi connectivity index (χ0v) is 13.4. The smallest absolute Gasteiger partial charge is 0.335 e. The first kappa shape index (κ1) is 16.3. The molecule has 1 aromatic heterocycles. The van der Waals surface area contributed by atoms with Crippen LogP contribution in [0.4, 0.5) is 5.69 Å². The molecule has 0 spiro atoms. The number of carbonyl (C=O) groups is 2. The number of aromatic carboxylic acids is 1. The molecule has 0 aliphatic carbocycles. The highest BCUT2D eigenvalue weighted by atomic mass is 16.4. The van der Waals surface area contributed by atoms with Gasteiger partial charge in [-0.25, -0.2) is 9.48 Å².